The Labute approximate surface area is 137 Å². The molecule has 0 N–H and O–H groups in total. The van der Waals surface area contributed by atoms with E-state index >= 15 is 0 Å². The number of hydrogen-bond donors (Lipinski definition) is 0. The minimum Gasteiger partial charge on any atom is -0.356 e. The van der Waals surface area contributed by atoms with Gasteiger partial charge in [-0.15, -0.1) is 10.2 Å². The molecular formula is C18H24N4O. The summed E-state index contributed by atoms with van der Waals surface area (Å²) in [5.74, 6) is 0.668. The van der Waals surface area contributed by atoms with Gasteiger partial charge in [0.05, 0.1) is 0 Å². The third kappa shape index (κ3) is 3.86. The Morgan fingerprint density at radius 2 is 1.74 bits per heavy atom. The Morgan fingerprint density at radius 3 is 2.26 bits per heavy atom. The molecule has 0 aliphatic rings. The van der Waals surface area contributed by atoms with Gasteiger partial charge in [0.15, 0.2) is 11.5 Å². The lowest BCUT2D eigenvalue weighted by Gasteiger charge is -2.22. The molecule has 2 rings (SSSR count). The first-order valence-electron chi connectivity index (χ1n) is 8.07. The van der Waals surface area contributed by atoms with E-state index in [-0.39, 0.29) is 5.91 Å². The predicted octanol–water partition coefficient (Wildman–Crippen LogP) is 3.30. The van der Waals surface area contributed by atoms with Crippen LogP contribution < -0.4 is 9.80 Å². The molecule has 0 fully saturated rings. The highest BCUT2D eigenvalue weighted by Gasteiger charge is 2.18. The summed E-state index contributed by atoms with van der Waals surface area (Å²) in [6, 6.07) is 11.5. The molecule has 0 spiro atoms. The van der Waals surface area contributed by atoms with Crippen LogP contribution in [0.25, 0.3) is 0 Å². The number of hydrogen-bond acceptors (Lipinski definition) is 4. The summed E-state index contributed by atoms with van der Waals surface area (Å²) in [5.41, 5.74) is 2.37. The Morgan fingerprint density at radius 1 is 1.00 bits per heavy atom. The van der Waals surface area contributed by atoms with E-state index in [1.807, 2.05) is 44.2 Å². The molecule has 0 unspecified atom stereocenters. The summed E-state index contributed by atoms with van der Waals surface area (Å²) in [5, 5.41) is 8.33. The molecule has 23 heavy (non-hydrogen) atoms. The quantitative estimate of drug-likeness (QED) is 0.821. The summed E-state index contributed by atoms with van der Waals surface area (Å²) >= 11 is 0. The van der Waals surface area contributed by atoms with Crippen molar-refractivity contribution in [3.63, 3.8) is 0 Å². The van der Waals surface area contributed by atoms with Crippen LogP contribution in [0.15, 0.2) is 36.4 Å². The van der Waals surface area contributed by atoms with Gasteiger partial charge in [0.2, 0.25) is 0 Å². The number of aryl methyl sites for hydroxylation is 1. The van der Waals surface area contributed by atoms with Crippen molar-refractivity contribution in [1.82, 2.24) is 10.2 Å². The van der Waals surface area contributed by atoms with Crippen molar-refractivity contribution in [2.45, 2.75) is 27.7 Å². The monoisotopic (exact) mass is 312 g/mol. The van der Waals surface area contributed by atoms with Crippen molar-refractivity contribution in [2.75, 3.05) is 29.4 Å². The van der Waals surface area contributed by atoms with Crippen molar-refractivity contribution in [3.8, 4) is 0 Å². The van der Waals surface area contributed by atoms with E-state index in [4.69, 9.17) is 0 Å². The normalized spacial score (nSPS) is 10.4. The van der Waals surface area contributed by atoms with Crippen molar-refractivity contribution < 1.29 is 4.79 Å². The molecule has 122 valence electrons. The van der Waals surface area contributed by atoms with Gasteiger partial charge >= 0.3 is 0 Å². The van der Waals surface area contributed by atoms with E-state index in [2.05, 4.69) is 28.9 Å². The Kier molecular flexibility index (Phi) is 5.68. The van der Waals surface area contributed by atoms with Gasteiger partial charge in [-0.3, -0.25) is 4.79 Å². The summed E-state index contributed by atoms with van der Waals surface area (Å²) in [6.45, 7) is 10.4. The molecule has 5 nitrogen and oxygen atoms in total. The highest BCUT2D eigenvalue weighted by molar-refractivity contribution is 6.04. The summed E-state index contributed by atoms with van der Waals surface area (Å²) in [6.07, 6.45) is 0. The fraction of sp³-hybridized carbons (Fsp3) is 0.389. The molecule has 1 amide bonds. The van der Waals surface area contributed by atoms with Crippen molar-refractivity contribution in [2.24, 2.45) is 0 Å². The molecule has 0 bridgehead atoms. The first-order valence-corrected chi connectivity index (χ1v) is 8.07. The third-order valence-corrected chi connectivity index (χ3v) is 3.83. The number of amides is 1. The number of benzene rings is 1. The maximum Gasteiger partial charge on any atom is 0.278 e. The average Bonchev–Trinajstić information content (AvgIpc) is 2.57. The standard InChI is InChI=1S/C18H24N4O/c1-5-21(6-2)17-12-11-16(19-20-17)18(23)22(7-3)15-10-8-9-14(4)13-15/h8-13H,5-7H2,1-4H3. The number of carbonyl (C=O) groups excluding carboxylic acids is 1. The van der Waals surface area contributed by atoms with E-state index in [0.717, 1.165) is 30.2 Å². The van der Waals surface area contributed by atoms with Crippen LogP contribution in [0.5, 0.6) is 0 Å². The molecule has 2 aromatic rings. The lowest BCUT2D eigenvalue weighted by atomic mass is 10.2. The van der Waals surface area contributed by atoms with Crippen LogP contribution in [0.3, 0.4) is 0 Å². The second kappa shape index (κ2) is 7.72. The molecular weight excluding hydrogens is 288 g/mol. The van der Waals surface area contributed by atoms with Gasteiger partial charge in [0.1, 0.15) is 0 Å². The number of rotatable bonds is 6. The fourth-order valence-corrected chi connectivity index (χ4v) is 2.53. The molecule has 0 atom stereocenters. The Hall–Kier alpha value is -2.43. The number of carbonyl (C=O) groups is 1. The van der Waals surface area contributed by atoms with Gasteiger partial charge in [-0.1, -0.05) is 12.1 Å². The number of aromatic nitrogens is 2. The fourth-order valence-electron chi connectivity index (χ4n) is 2.53. The number of anilines is 2. The molecule has 0 aliphatic carbocycles. The second-order valence-electron chi connectivity index (χ2n) is 5.34. The van der Waals surface area contributed by atoms with Crippen LogP contribution >= 0.6 is 0 Å². The zero-order valence-electron chi connectivity index (χ0n) is 14.3. The lowest BCUT2D eigenvalue weighted by Crippen LogP contribution is -2.32. The van der Waals surface area contributed by atoms with E-state index in [1.165, 1.54) is 0 Å². The van der Waals surface area contributed by atoms with Crippen molar-refractivity contribution in [1.29, 1.82) is 0 Å². The second-order valence-corrected chi connectivity index (χ2v) is 5.34. The summed E-state index contributed by atoms with van der Waals surface area (Å²) < 4.78 is 0. The van der Waals surface area contributed by atoms with Gasteiger partial charge in [-0.25, -0.2) is 0 Å². The third-order valence-electron chi connectivity index (χ3n) is 3.83. The Balaban J connectivity index is 2.24. The molecule has 0 saturated heterocycles. The molecule has 1 aromatic heterocycles. The maximum absolute atomic E-state index is 12.7. The van der Waals surface area contributed by atoms with Gasteiger partial charge in [-0.05, 0) is 57.5 Å². The van der Waals surface area contributed by atoms with Gasteiger partial charge < -0.3 is 9.80 Å². The van der Waals surface area contributed by atoms with Crippen molar-refractivity contribution >= 4 is 17.4 Å². The summed E-state index contributed by atoms with van der Waals surface area (Å²) in [4.78, 5) is 16.5. The zero-order chi connectivity index (χ0) is 16.8. The highest BCUT2D eigenvalue weighted by atomic mass is 16.2. The topological polar surface area (TPSA) is 49.3 Å². The van der Waals surface area contributed by atoms with Crippen LogP contribution in [0.1, 0.15) is 36.8 Å². The van der Waals surface area contributed by atoms with Gasteiger partial charge in [-0.2, -0.15) is 0 Å². The van der Waals surface area contributed by atoms with Crippen molar-refractivity contribution in [3.05, 3.63) is 47.7 Å². The highest BCUT2D eigenvalue weighted by Crippen LogP contribution is 2.18. The Bertz CT molecular complexity index is 650. The molecule has 0 radical (unpaired) electrons. The first-order chi connectivity index (χ1) is 11.1. The molecule has 1 aromatic carbocycles. The van der Waals surface area contributed by atoms with Gasteiger partial charge in [0.25, 0.3) is 5.91 Å². The van der Waals surface area contributed by atoms with Crippen LogP contribution in [0.4, 0.5) is 11.5 Å². The first kappa shape index (κ1) is 16.9. The zero-order valence-corrected chi connectivity index (χ0v) is 14.3. The van der Waals surface area contributed by atoms with Crippen LogP contribution in [-0.2, 0) is 0 Å². The molecule has 5 heteroatoms. The molecule has 0 aliphatic heterocycles. The minimum absolute atomic E-state index is 0.128. The van der Waals surface area contributed by atoms with Gasteiger partial charge in [0, 0.05) is 25.3 Å². The predicted molar refractivity (Wildman–Crippen MR) is 94.1 cm³/mol. The average molecular weight is 312 g/mol. The van der Waals surface area contributed by atoms with Crippen LogP contribution in [0.2, 0.25) is 0 Å². The minimum atomic E-state index is -0.128. The van der Waals surface area contributed by atoms with Crippen LogP contribution in [0, 0.1) is 6.92 Å². The smallest absolute Gasteiger partial charge is 0.278 e. The number of nitrogens with zero attached hydrogens (tertiary/aromatic N) is 4. The van der Waals surface area contributed by atoms with E-state index in [1.54, 1.807) is 11.0 Å². The summed E-state index contributed by atoms with van der Waals surface area (Å²) in [7, 11) is 0. The largest absolute Gasteiger partial charge is 0.356 e. The van der Waals surface area contributed by atoms with Crippen LogP contribution in [-0.4, -0.2) is 35.7 Å². The van der Waals surface area contributed by atoms with E-state index in [9.17, 15) is 4.79 Å². The molecule has 1 heterocycles. The van der Waals surface area contributed by atoms with E-state index < -0.39 is 0 Å². The van der Waals surface area contributed by atoms with E-state index in [0.29, 0.717) is 12.2 Å². The maximum atomic E-state index is 12.7. The SMILES string of the molecule is CCN(CC)c1ccc(C(=O)N(CC)c2cccc(C)c2)nn1. The molecule has 0 saturated carbocycles. The lowest BCUT2D eigenvalue weighted by molar-refractivity contribution is 0.0982.